The van der Waals surface area contributed by atoms with E-state index in [1.807, 2.05) is 0 Å². The summed E-state index contributed by atoms with van der Waals surface area (Å²) in [6.07, 6.45) is 3.83. The second-order valence-electron chi connectivity index (χ2n) is 9.20. The summed E-state index contributed by atoms with van der Waals surface area (Å²) in [5, 5.41) is 65.7. The minimum absolute atomic E-state index is 0.0186. The Morgan fingerprint density at radius 3 is 1.26 bits per heavy atom. The van der Waals surface area contributed by atoms with Crippen molar-refractivity contribution in [2.75, 3.05) is 39.6 Å². The number of rotatable bonds is 10. The first-order valence-electron chi connectivity index (χ1n) is 12.9. The molecule has 1 aliphatic rings. The minimum Gasteiger partial charge on any atom is -0.478 e. The van der Waals surface area contributed by atoms with Crippen molar-refractivity contribution in [1.29, 1.82) is 0 Å². The van der Waals surface area contributed by atoms with Gasteiger partial charge in [0.05, 0.1) is 48.7 Å². The predicted octanol–water partition coefficient (Wildman–Crippen LogP) is 1.58. The van der Waals surface area contributed by atoms with Gasteiger partial charge in [-0.15, -0.1) is 0 Å². The number of carbonyl (C=O) groups is 4. The molecule has 13 heteroatoms. The molecule has 42 heavy (non-hydrogen) atoms. The zero-order valence-corrected chi connectivity index (χ0v) is 23.8. The zero-order chi connectivity index (χ0) is 32.6. The number of ether oxygens (including phenoxy) is 1. The van der Waals surface area contributed by atoms with Crippen molar-refractivity contribution in [2.24, 2.45) is 5.41 Å². The molecule has 0 atom stereocenters. The zero-order valence-electron chi connectivity index (χ0n) is 23.8. The van der Waals surface area contributed by atoms with Gasteiger partial charge in [0.1, 0.15) is 0 Å². The summed E-state index contributed by atoms with van der Waals surface area (Å²) in [5.41, 5.74) is 0.375. The Kier molecular flexibility index (Phi) is 23.0. The van der Waals surface area contributed by atoms with E-state index in [9.17, 15) is 19.2 Å². The number of carbonyl (C=O) groups excluding carboxylic acids is 2. The number of cyclic esters (lactones) is 2. The number of aliphatic hydroxyl groups excluding tert-OH is 6. The molecular weight excluding hydrogens is 556 g/mol. The van der Waals surface area contributed by atoms with Gasteiger partial charge in [-0.25, -0.2) is 19.2 Å². The smallest absolute Gasteiger partial charge is 0.346 e. The molecular formula is C29H42O13. The summed E-state index contributed by atoms with van der Waals surface area (Å²) in [6, 6.07) is 11.7. The molecule has 13 nitrogen and oxygen atoms in total. The number of hydrogen-bond acceptors (Lipinski definition) is 11. The van der Waals surface area contributed by atoms with Crippen molar-refractivity contribution in [3.05, 3.63) is 70.8 Å². The van der Waals surface area contributed by atoms with Crippen LogP contribution in [0.4, 0.5) is 0 Å². The predicted molar refractivity (Wildman–Crippen MR) is 151 cm³/mol. The van der Waals surface area contributed by atoms with Crippen LogP contribution in [-0.4, -0.2) is 104 Å². The van der Waals surface area contributed by atoms with Crippen LogP contribution >= 0.6 is 0 Å². The van der Waals surface area contributed by atoms with Crippen molar-refractivity contribution < 1.29 is 64.8 Å². The van der Waals surface area contributed by atoms with Crippen LogP contribution in [0.2, 0.25) is 0 Å². The van der Waals surface area contributed by atoms with Gasteiger partial charge in [-0.05, 0) is 43.2 Å². The minimum atomic E-state index is -1.13. The molecule has 0 unspecified atom stereocenters. The maximum Gasteiger partial charge on any atom is 0.346 e. The molecule has 1 heterocycles. The van der Waals surface area contributed by atoms with E-state index in [4.69, 9.17) is 40.9 Å². The summed E-state index contributed by atoms with van der Waals surface area (Å²) in [6.45, 7) is 4.00. The number of fused-ring (bicyclic) bond motifs is 1. The van der Waals surface area contributed by atoms with E-state index in [-0.39, 0.29) is 56.2 Å². The third kappa shape index (κ3) is 18.6. The van der Waals surface area contributed by atoms with Gasteiger partial charge in [-0.2, -0.15) is 0 Å². The summed E-state index contributed by atoms with van der Waals surface area (Å²) in [7, 11) is 0. The van der Waals surface area contributed by atoms with Crippen LogP contribution in [0.1, 0.15) is 81.0 Å². The van der Waals surface area contributed by atoms with Crippen molar-refractivity contribution in [3.8, 4) is 0 Å². The molecule has 0 amide bonds. The molecule has 1 aliphatic heterocycles. The fraction of sp³-hybridized carbons (Fsp3) is 0.448. The Morgan fingerprint density at radius 2 is 1.00 bits per heavy atom. The second kappa shape index (κ2) is 23.9. The van der Waals surface area contributed by atoms with Crippen molar-refractivity contribution >= 4 is 23.9 Å². The number of unbranched alkanes of at least 4 members (excludes halogenated alkanes) is 3. The quantitative estimate of drug-likeness (QED) is 0.110. The van der Waals surface area contributed by atoms with Gasteiger partial charge in [-0.1, -0.05) is 44.9 Å². The molecule has 0 saturated carbocycles. The van der Waals surface area contributed by atoms with Crippen LogP contribution in [-0.2, 0) is 4.74 Å². The number of hydrogen-bond donors (Lipinski definition) is 8. The lowest BCUT2D eigenvalue weighted by Crippen LogP contribution is -2.20. The Bertz CT molecular complexity index is 991. The highest BCUT2D eigenvalue weighted by atomic mass is 16.6. The highest BCUT2D eigenvalue weighted by Gasteiger charge is 2.28. The molecule has 2 aromatic carbocycles. The van der Waals surface area contributed by atoms with Crippen molar-refractivity contribution in [2.45, 2.75) is 39.5 Å². The summed E-state index contributed by atoms with van der Waals surface area (Å²) < 4.78 is 4.35. The number of carboxylic acids is 2. The molecule has 0 aliphatic carbocycles. The third-order valence-electron chi connectivity index (χ3n) is 4.93. The van der Waals surface area contributed by atoms with Gasteiger partial charge in [0.2, 0.25) is 0 Å². The molecule has 2 aromatic rings. The lowest BCUT2D eigenvalue weighted by molar-refractivity contribution is 0.0442. The largest absolute Gasteiger partial charge is 0.478 e. The van der Waals surface area contributed by atoms with E-state index in [1.165, 1.54) is 18.2 Å². The van der Waals surface area contributed by atoms with Gasteiger partial charge in [0, 0.05) is 18.6 Å². The lowest BCUT2D eigenvalue weighted by atomic mass is 9.97. The van der Waals surface area contributed by atoms with Crippen LogP contribution < -0.4 is 0 Å². The Hall–Kier alpha value is -3.72. The third-order valence-corrected chi connectivity index (χ3v) is 4.93. The van der Waals surface area contributed by atoms with Gasteiger partial charge < -0.3 is 45.6 Å². The van der Waals surface area contributed by atoms with E-state index in [0.29, 0.717) is 11.1 Å². The molecule has 0 fully saturated rings. The fourth-order valence-electron chi connectivity index (χ4n) is 2.45. The topological polar surface area (TPSA) is 239 Å². The molecule has 8 N–H and O–H groups in total. The highest BCUT2D eigenvalue weighted by molar-refractivity contribution is 6.14. The van der Waals surface area contributed by atoms with Crippen LogP contribution in [0.15, 0.2) is 48.5 Å². The van der Waals surface area contributed by atoms with E-state index in [0.717, 1.165) is 31.7 Å². The molecule has 3 rings (SSSR count). The fourth-order valence-corrected chi connectivity index (χ4v) is 2.45. The van der Waals surface area contributed by atoms with Crippen LogP contribution in [0.5, 0.6) is 0 Å². The van der Waals surface area contributed by atoms with Crippen molar-refractivity contribution in [3.63, 3.8) is 0 Å². The second-order valence-corrected chi connectivity index (χ2v) is 9.20. The van der Waals surface area contributed by atoms with E-state index < -0.39 is 23.9 Å². The van der Waals surface area contributed by atoms with E-state index >= 15 is 0 Å². The molecule has 0 radical (unpaired) electrons. The van der Waals surface area contributed by atoms with E-state index in [2.05, 4.69) is 4.74 Å². The van der Waals surface area contributed by atoms with Crippen LogP contribution in [0.3, 0.4) is 0 Å². The number of carboxylic acid groups (broad SMARTS) is 2. The first-order valence-corrected chi connectivity index (χ1v) is 12.9. The molecule has 0 aromatic heterocycles. The Morgan fingerprint density at radius 1 is 0.619 bits per heavy atom. The van der Waals surface area contributed by atoms with Crippen LogP contribution in [0, 0.1) is 5.41 Å². The average Bonchev–Trinajstić information content (AvgIpc) is 3.29. The van der Waals surface area contributed by atoms with Crippen LogP contribution in [0.25, 0.3) is 0 Å². The monoisotopic (exact) mass is 598 g/mol. The molecule has 0 saturated heterocycles. The molecule has 236 valence electrons. The highest BCUT2D eigenvalue weighted by Crippen LogP contribution is 2.18. The number of aromatic carboxylic acids is 2. The normalized spacial score (nSPS) is 11.0. The standard InChI is InChI=1S/C8H6O4.C8H4O3.C6H14O2.C5H12O2.C2H6O2/c9-7(10)5-2-1-3-6(4-5)8(11)12;9-7-5-3-1-2-4-6(5)8(10)11-7;7-5-3-1-2-4-6-8;1-5(2,3-6)4-7;3-1-2-4/h1-4H,(H,9,10)(H,11,12);1-4H;7-8H,1-6H2;6-7H,3-4H2,1-2H3;3-4H,1-2H2. The summed E-state index contributed by atoms with van der Waals surface area (Å²) in [5.74, 6) is -3.35. The van der Waals surface area contributed by atoms with Crippen molar-refractivity contribution in [1.82, 2.24) is 0 Å². The van der Waals surface area contributed by atoms with Gasteiger partial charge in [0.25, 0.3) is 0 Å². The maximum atomic E-state index is 10.8. The maximum absolute atomic E-state index is 10.8. The SMILES string of the molecule is CC(C)(CO)CO.O=C(O)c1cccc(C(=O)O)c1.O=C1OC(=O)c2ccccc21.OCCCCCCO.OCCO. The molecule has 0 spiro atoms. The van der Waals surface area contributed by atoms with Gasteiger partial charge >= 0.3 is 23.9 Å². The van der Waals surface area contributed by atoms with Gasteiger partial charge in [0.15, 0.2) is 0 Å². The Balaban J connectivity index is 0. The number of benzene rings is 2. The summed E-state index contributed by atoms with van der Waals surface area (Å²) >= 11 is 0. The molecule has 0 bridgehead atoms. The average molecular weight is 599 g/mol. The number of esters is 2. The first kappa shape index (κ1) is 40.4. The first-order chi connectivity index (χ1) is 19.8. The van der Waals surface area contributed by atoms with Gasteiger partial charge in [-0.3, -0.25) is 0 Å². The Labute approximate surface area is 244 Å². The van der Waals surface area contributed by atoms with E-state index in [1.54, 1.807) is 38.1 Å². The lowest BCUT2D eigenvalue weighted by Gasteiger charge is -2.16. The number of aliphatic hydroxyl groups is 6. The summed E-state index contributed by atoms with van der Waals surface area (Å²) in [4.78, 5) is 42.4.